The molecule has 1 atom stereocenters. The van der Waals surface area contributed by atoms with E-state index in [1.54, 1.807) is 0 Å². The Bertz CT molecular complexity index is 220. The van der Waals surface area contributed by atoms with E-state index in [4.69, 9.17) is 4.74 Å². The van der Waals surface area contributed by atoms with Gasteiger partial charge in [0.05, 0.1) is 0 Å². The van der Waals surface area contributed by atoms with Gasteiger partial charge in [-0.15, -0.1) is 0 Å². The van der Waals surface area contributed by atoms with Gasteiger partial charge in [-0.05, 0) is 24.8 Å². The molecule has 0 bridgehead atoms. The van der Waals surface area contributed by atoms with E-state index >= 15 is 0 Å². The smallest absolute Gasteiger partial charge is 0.334 e. The van der Waals surface area contributed by atoms with Crippen molar-refractivity contribution in [3.8, 4) is 0 Å². The second-order valence-electron chi connectivity index (χ2n) is 4.54. The zero-order valence-corrected chi connectivity index (χ0v) is 8.18. The van der Waals surface area contributed by atoms with Crippen LogP contribution in [0.2, 0.25) is 0 Å². The molecule has 0 aromatic heterocycles. The SMILES string of the molecule is CC1C=C(CC(C)(C)C)C(=O)O1. The van der Waals surface area contributed by atoms with Gasteiger partial charge in [-0.25, -0.2) is 4.79 Å². The summed E-state index contributed by atoms with van der Waals surface area (Å²) < 4.78 is 4.99. The van der Waals surface area contributed by atoms with E-state index in [2.05, 4.69) is 20.8 Å². The van der Waals surface area contributed by atoms with Gasteiger partial charge in [-0.1, -0.05) is 20.8 Å². The van der Waals surface area contributed by atoms with Crippen molar-refractivity contribution in [2.45, 2.75) is 40.2 Å². The molecular formula is C10H16O2. The van der Waals surface area contributed by atoms with Gasteiger partial charge >= 0.3 is 5.97 Å². The quantitative estimate of drug-likeness (QED) is 0.561. The van der Waals surface area contributed by atoms with Crippen LogP contribution < -0.4 is 0 Å². The minimum Gasteiger partial charge on any atom is -0.455 e. The van der Waals surface area contributed by atoms with E-state index < -0.39 is 0 Å². The Kier molecular flexibility index (Phi) is 2.27. The summed E-state index contributed by atoms with van der Waals surface area (Å²) in [5.41, 5.74) is 0.990. The van der Waals surface area contributed by atoms with E-state index in [1.807, 2.05) is 13.0 Å². The molecule has 0 fully saturated rings. The first-order chi connectivity index (χ1) is 5.38. The zero-order valence-electron chi connectivity index (χ0n) is 8.18. The highest BCUT2D eigenvalue weighted by Crippen LogP contribution is 2.28. The predicted octanol–water partition coefficient (Wildman–Crippen LogP) is 2.29. The summed E-state index contributed by atoms with van der Waals surface area (Å²) in [6.45, 7) is 8.23. The topological polar surface area (TPSA) is 26.3 Å². The number of rotatable bonds is 1. The van der Waals surface area contributed by atoms with Gasteiger partial charge in [0.25, 0.3) is 0 Å². The molecule has 0 spiro atoms. The highest BCUT2D eigenvalue weighted by Gasteiger charge is 2.25. The molecule has 0 radical (unpaired) electrons. The Hall–Kier alpha value is -0.790. The second kappa shape index (κ2) is 2.92. The standard InChI is InChI=1S/C10H16O2/c1-7-5-8(9(11)12-7)6-10(2,3)4/h5,7H,6H2,1-4H3. The molecular weight excluding hydrogens is 152 g/mol. The highest BCUT2D eigenvalue weighted by atomic mass is 16.5. The molecule has 0 aromatic carbocycles. The number of ether oxygens (including phenoxy) is 1. The van der Waals surface area contributed by atoms with Crippen LogP contribution in [0.25, 0.3) is 0 Å². The molecule has 1 heterocycles. The van der Waals surface area contributed by atoms with Gasteiger partial charge in [0.15, 0.2) is 0 Å². The molecule has 1 aliphatic rings. The summed E-state index contributed by atoms with van der Waals surface area (Å²) in [5.74, 6) is -0.141. The van der Waals surface area contributed by atoms with Crippen LogP contribution in [0.3, 0.4) is 0 Å². The lowest BCUT2D eigenvalue weighted by Gasteiger charge is -2.16. The summed E-state index contributed by atoms with van der Waals surface area (Å²) in [5, 5.41) is 0. The molecule has 1 aliphatic heterocycles. The Morgan fingerprint density at radius 2 is 2.08 bits per heavy atom. The third-order valence-corrected chi connectivity index (χ3v) is 1.71. The minimum absolute atomic E-state index is 0.0325. The Labute approximate surface area is 73.6 Å². The van der Waals surface area contributed by atoms with Gasteiger partial charge in [-0.3, -0.25) is 0 Å². The molecule has 0 saturated heterocycles. The van der Waals surface area contributed by atoms with Crippen molar-refractivity contribution < 1.29 is 9.53 Å². The van der Waals surface area contributed by atoms with Crippen LogP contribution in [-0.4, -0.2) is 12.1 Å². The second-order valence-corrected chi connectivity index (χ2v) is 4.54. The minimum atomic E-state index is -0.141. The molecule has 0 aliphatic carbocycles. The largest absolute Gasteiger partial charge is 0.455 e. The van der Waals surface area contributed by atoms with Crippen molar-refractivity contribution in [3.05, 3.63) is 11.6 Å². The maximum absolute atomic E-state index is 11.2. The summed E-state index contributed by atoms with van der Waals surface area (Å²) in [6, 6.07) is 0. The van der Waals surface area contributed by atoms with E-state index in [0.29, 0.717) is 0 Å². The third kappa shape index (κ3) is 2.36. The molecule has 68 valence electrons. The van der Waals surface area contributed by atoms with E-state index in [1.165, 1.54) is 0 Å². The van der Waals surface area contributed by atoms with Gasteiger partial charge in [-0.2, -0.15) is 0 Å². The lowest BCUT2D eigenvalue weighted by atomic mass is 9.88. The van der Waals surface area contributed by atoms with E-state index in [0.717, 1.165) is 12.0 Å². The molecule has 2 nitrogen and oxygen atoms in total. The van der Waals surface area contributed by atoms with Crippen molar-refractivity contribution in [1.82, 2.24) is 0 Å². The van der Waals surface area contributed by atoms with E-state index in [-0.39, 0.29) is 17.5 Å². The Balaban J connectivity index is 2.64. The predicted molar refractivity (Wildman–Crippen MR) is 47.7 cm³/mol. The maximum Gasteiger partial charge on any atom is 0.334 e. The highest BCUT2D eigenvalue weighted by molar-refractivity contribution is 5.90. The first-order valence-electron chi connectivity index (χ1n) is 4.30. The lowest BCUT2D eigenvalue weighted by Crippen LogP contribution is -2.10. The molecule has 2 heteroatoms. The molecule has 1 rings (SSSR count). The fourth-order valence-electron chi connectivity index (χ4n) is 1.33. The van der Waals surface area contributed by atoms with Crippen molar-refractivity contribution >= 4 is 5.97 Å². The number of carbonyl (C=O) groups is 1. The average molecular weight is 168 g/mol. The van der Waals surface area contributed by atoms with Crippen LogP contribution in [0.4, 0.5) is 0 Å². The fraction of sp³-hybridized carbons (Fsp3) is 0.700. The van der Waals surface area contributed by atoms with Gasteiger partial charge in [0.1, 0.15) is 6.10 Å². The molecule has 1 unspecified atom stereocenters. The zero-order chi connectivity index (χ0) is 9.35. The third-order valence-electron chi connectivity index (χ3n) is 1.71. The molecule has 12 heavy (non-hydrogen) atoms. The van der Waals surface area contributed by atoms with Crippen LogP contribution in [0, 0.1) is 5.41 Å². The first-order valence-corrected chi connectivity index (χ1v) is 4.30. The van der Waals surface area contributed by atoms with Crippen LogP contribution in [-0.2, 0) is 9.53 Å². The lowest BCUT2D eigenvalue weighted by molar-refractivity contribution is -0.139. The first kappa shape index (κ1) is 9.30. The monoisotopic (exact) mass is 168 g/mol. The summed E-state index contributed by atoms with van der Waals surface area (Å²) in [4.78, 5) is 11.2. The Morgan fingerprint density at radius 1 is 1.50 bits per heavy atom. The van der Waals surface area contributed by atoms with Crippen LogP contribution in [0.5, 0.6) is 0 Å². The number of hydrogen-bond donors (Lipinski definition) is 0. The van der Waals surface area contributed by atoms with Crippen LogP contribution >= 0.6 is 0 Å². The summed E-state index contributed by atoms with van der Waals surface area (Å²) in [6.07, 6.45) is 2.68. The normalized spacial score (nSPS) is 23.8. The van der Waals surface area contributed by atoms with E-state index in [9.17, 15) is 4.79 Å². The molecule has 0 saturated carbocycles. The number of carbonyl (C=O) groups excluding carboxylic acids is 1. The van der Waals surface area contributed by atoms with Gasteiger partial charge < -0.3 is 4.74 Å². The summed E-state index contributed by atoms with van der Waals surface area (Å²) >= 11 is 0. The van der Waals surface area contributed by atoms with Crippen molar-refractivity contribution in [1.29, 1.82) is 0 Å². The van der Waals surface area contributed by atoms with Crippen LogP contribution in [0.15, 0.2) is 11.6 Å². The van der Waals surface area contributed by atoms with Gasteiger partial charge in [0.2, 0.25) is 0 Å². The fourth-order valence-corrected chi connectivity index (χ4v) is 1.33. The molecule has 0 N–H and O–H groups in total. The number of cyclic esters (lactones) is 1. The Morgan fingerprint density at radius 3 is 2.42 bits per heavy atom. The van der Waals surface area contributed by atoms with Crippen molar-refractivity contribution in [2.24, 2.45) is 5.41 Å². The number of esters is 1. The van der Waals surface area contributed by atoms with Gasteiger partial charge in [0, 0.05) is 5.57 Å². The molecule has 0 aromatic rings. The average Bonchev–Trinajstić information content (AvgIpc) is 2.06. The summed E-state index contributed by atoms with van der Waals surface area (Å²) in [7, 11) is 0. The van der Waals surface area contributed by atoms with Crippen molar-refractivity contribution in [2.75, 3.05) is 0 Å². The maximum atomic E-state index is 11.2. The van der Waals surface area contributed by atoms with Crippen LogP contribution in [0.1, 0.15) is 34.1 Å². The number of hydrogen-bond acceptors (Lipinski definition) is 2. The molecule has 0 amide bonds. The van der Waals surface area contributed by atoms with Crippen molar-refractivity contribution in [3.63, 3.8) is 0 Å².